The van der Waals surface area contributed by atoms with Gasteiger partial charge in [-0.1, -0.05) is 30.3 Å². The van der Waals surface area contributed by atoms with Crippen LogP contribution in [0.3, 0.4) is 0 Å². The van der Waals surface area contributed by atoms with Crippen molar-refractivity contribution in [1.29, 1.82) is 0 Å². The van der Waals surface area contributed by atoms with Gasteiger partial charge in [0, 0.05) is 29.3 Å². The highest BCUT2D eigenvalue weighted by atomic mass is 19.3. The number of carbonyl (C=O) groups excluding carboxylic acids is 1. The molecule has 2 aromatic heterocycles. The first-order chi connectivity index (χ1) is 22.2. The van der Waals surface area contributed by atoms with Crippen LogP contribution in [0, 0.1) is 13.8 Å². The van der Waals surface area contributed by atoms with Crippen molar-refractivity contribution in [2.45, 2.75) is 45.9 Å². The fraction of sp³-hybridized carbons (Fsp3) is 0.257. The SMILES string of the molecule is COc1nc(-c2cccc(-c3cccc(-c4nc5cc(CN6CCC[C@H]6C(=O)O)c(OC(F)F)cc5o4)c3C)c2C)ccc1C=O. The van der Waals surface area contributed by atoms with Crippen molar-refractivity contribution in [3.63, 3.8) is 0 Å². The third-order valence-electron chi connectivity index (χ3n) is 8.48. The summed E-state index contributed by atoms with van der Waals surface area (Å²) in [6.07, 6.45) is 1.90. The van der Waals surface area contributed by atoms with Crippen molar-refractivity contribution in [1.82, 2.24) is 14.9 Å². The number of carboxylic acid groups (broad SMARTS) is 1. The van der Waals surface area contributed by atoms with Crippen LogP contribution < -0.4 is 9.47 Å². The minimum absolute atomic E-state index is 0.0782. The summed E-state index contributed by atoms with van der Waals surface area (Å²) in [4.78, 5) is 34.1. The molecule has 46 heavy (non-hydrogen) atoms. The Balaban J connectivity index is 1.39. The van der Waals surface area contributed by atoms with Crippen LogP contribution in [0.25, 0.3) is 44.9 Å². The van der Waals surface area contributed by atoms with E-state index in [1.807, 2.05) is 50.2 Å². The zero-order valence-electron chi connectivity index (χ0n) is 25.4. The van der Waals surface area contributed by atoms with Gasteiger partial charge in [-0.05, 0) is 79.8 Å². The Kier molecular flexibility index (Phi) is 8.50. The van der Waals surface area contributed by atoms with Gasteiger partial charge in [0.1, 0.15) is 17.3 Å². The quantitative estimate of drug-likeness (QED) is 0.159. The van der Waals surface area contributed by atoms with Gasteiger partial charge in [-0.15, -0.1) is 0 Å². The van der Waals surface area contributed by atoms with Crippen LogP contribution in [0.15, 0.2) is 65.1 Å². The Morgan fingerprint density at radius 3 is 2.41 bits per heavy atom. The van der Waals surface area contributed by atoms with Gasteiger partial charge in [0.2, 0.25) is 11.8 Å². The van der Waals surface area contributed by atoms with E-state index in [4.69, 9.17) is 18.9 Å². The number of aromatic nitrogens is 2. The lowest BCUT2D eigenvalue weighted by Crippen LogP contribution is -2.35. The van der Waals surface area contributed by atoms with E-state index in [1.165, 1.54) is 13.2 Å². The van der Waals surface area contributed by atoms with Gasteiger partial charge in [-0.25, -0.2) is 9.97 Å². The number of nitrogens with zero attached hydrogens (tertiary/aromatic N) is 3. The molecule has 0 saturated carbocycles. The summed E-state index contributed by atoms with van der Waals surface area (Å²) in [6.45, 7) is 1.55. The summed E-state index contributed by atoms with van der Waals surface area (Å²) in [5, 5.41) is 9.60. The fourth-order valence-corrected chi connectivity index (χ4v) is 6.18. The maximum absolute atomic E-state index is 13.4. The van der Waals surface area contributed by atoms with Crippen LogP contribution in [0.2, 0.25) is 0 Å². The van der Waals surface area contributed by atoms with Crippen LogP contribution in [0.4, 0.5) is 8.78 Å². The summed E-state index contributed by atoms with van der Waals surface area (Å²) in [5.74, 6) is -0.463. The Morgan fingerprint density at radius 2 is 1.74 bits per heavy atom. The van der Waals surface area contributed by atoms with Crippen molar-refractivity contribution in [2.75, 3.05) is 13.7 Å². The number of ether oxygens (including phenoxy) is 2. The molecule has 0 amide bonds. The largest absolute Gasteiger partial charge is 0.480 e. The number of oxazole rings is 1. The van der Waals surface area contributed by atoms with Crippen molar-refractivity contribution < 1.29 is 37.4 Å². The van der Waals surface area contributed by atoms with E-state index in [2.05, 4.69) is 4.98 Å². The molecule has 0 radical (unpaired) electrons. The fourth-order valence-electron chi connectivity index (χ4n) is 6.18. The maximum atomic E-state index is 13.4. The zero-order valence-corrected chi connectivity index (χ0v) is 25.4. The molecular weight excluding hydrogens is 596 g/mol. The molecule has 3 aromatic carbocycles. The molecule has 11 heteroatoms. The lowest BCUT2D eigenvalue weighted by Gasteiger charge is -2.22. The number of alkyl halides is 2. The predicted octanol–water partition coefficient (Wildman–Crippen LogP) is 7.31. The minimum atomic E-state index is -3.07. The Bertz CT molecular complexity index is 1960. The van der Waals surface area contributed by atoms with Gasteiger partial charge in [-0.3, -0.25) is 14.5 Å². The monoisotopic (exact) mass is 627 g/mol. The summed E-state index contributed by atoms with van der Waals surface area (Å²) < 4.78 is 43.0. The van der Waals surface area contributed by atoms with E-state index in [-0.39, 0.29) is 23.8 Å². The third kappa shape index (κ3) is 5.81. The molecule has 6 rings (SSSR count). The van der Waals surface area contributed by atoms with Gasteiger partial charge in [-0.2, -0.15) is 8.78 Å². The molecule has 1 N–H and O–H groups in total. The highest BCUT2D eigenvalue weighted by molar-refractivity contribution is 5.85. The zero-order chi connectivity index (χ0) is 32.5. The standard InChI is InChI=1S/C35H31F2N3O6/c1-19-23(7-4-9-25(19)27-13-12-21(18-41)32(38-27)44-3)24-8-5-10-26(20(24)2)33-39-28-15-22(17-40-14-6-11-29(40)34(42)43)30(46-35(36)37)16-31(28)45-33/h4-5,7-10,12-13,15-16,18,29,35H,6,11,14,17H2,1-3H3,(H,42,43)/t29-/m0/s1. The summed E-state index contributed by atoms with van der Waals surface area (Å²) in [5.41, 5.74) is 7.50. The van der Waals surface area contributed by atoms with Crippen molar-refractivity contribution in [3.05, 3.63) is 82.9 Å². The van der Waals surface area contributed by atoms with Gasteiger partial charge in [0.15, 0.2) is 11.9 Å². The van der Waals surface area contributed by atoms with E-state index in [0.29, 0.717) is 53.9 Å². The molecule has 1 fully saturated rings. The Morgan fingerprint density at radius 1 is 1.04 bits per heavy atom. The Hall–Kier alpha value is -5.16. The van der Waals surface area contributed by atoms with Crippen molar-refractivity contribution in [3.8, 4) is 45.5 Å². The van der Waals surface area contributed by atoms with Gasteiger partial charge < -0.3 is 19.0 Å². The van der Waals surface area contributed by atoms with Crippen LogP contribution in [-0.4, -0.2) is 58.5 Å². The van der Waals surface area contributed by atoms with Gasteiger partial charge in [0.05, 0.1) is 18.4 Å². The number of hydrogen-bond donors (Lipinski definition) is 1. The van der Waals surface area contributed by atoms with E-state index in [0.717, 1.165) is 33.4 Å². The number of methoxy groups -OCH3 is 1. The molecule has 1 atom stereocenters. The molecule has 3 heterocycles. The van der Waals surface area contributed by atoms with Crippen LogP contribution in [-0.2, 0) is 11.3 Å². The summed E-state index contributed by atoms with van der Waals surface area (Å²) >= 11 is 0. The minimum Gasteiger partial charge on any atom is -0.480 e. The second kappa shape index (κ2) is 12.7. The first-order valence-corrected chi connectivity index (χ1v) is 14.7. The number of halogens is 2. The number of carboxylic acids is 1. The lowest BCUT2D eigenvalue weighted by molar-refractivity contribution is -0.142. The van der Waals surface area contributed by atoms with E-state index in [1.54, 1.807) is 23.1 Å². The van der Waals surface area contributed by atoms with E-state index in [9.17, 15) is 23.5 Å². The molecule has 0 aliphatic carbocycles. The van der Waals surface area contributed by atoms with Gasteiger partial charge >= 0.3 is 12.6 Å². The highest BCUT2D eigenvalue weighted by Gasteiger charge is 2.31. The van der Waals surface area contributed by atoms with E-state index < -0.39 is 18.6 Å². The number of likely N-dealkylation sites (tertiary alicyclic amines) is 1. The Labute approximate surface area is 263 Å². The maximum Gasteiger partial charge on any atom is 0.387 e. The lowest BCUT2D eigenvalue weighted by atomic mass is 9.90. The molecule has 0 unspecified atom stereocenters. The molecule has 9 nitrogen and oxygen atoms in total. The normalized spacial score (nSPS) is 15.0. The van der Waals surface area contributed by atoms with Crippen LogP contribution in [0.1, 0.15) is 39.9 Å². The number of benzene rings is 3. The van der Waals surface area contributed by atoms with Crippen molar-refractivity contribution in [2.24, 2.45) is 0 Å². The second-order valence-corrected chi connectivity index (χ2v) is 11.2. The number of carbonyl (C=O) groups is 2. The third-order valence-corrected chi connectivity index (χ3v) is 8.48. The molecule has 1 aliphatic rings. The smallest absolute Gasteiger partial charge is 0.387 e. The number of pyridine rings is 1. The number of rotatable bonds is 10. The van der Waals surface area contributed by atoms with E-state index >= 15 is 0 Å². The summed E-state index contributed by atoms with van der Waals surface area (Å²) in [6, 6.07) is 17.5. The molecule has 236 valence electrons. The van der Waals surface area contributed by atoms with Gasteiger partial charge in [0.25, 0.3) is 0 Å². The topological polar surface area (TPSA) is 115 Å². The number of fused-ring (bicyclic) bond motifs is 1. The highest BCUT2D eigenvalue weighted by Crippen LogP contribution is 2.38. The van der Waals surface area contributed by atoms with Crippen molar-refractivity contribution >= 4 is 23.4 Å². The number of aliphatic carboxylic acids is 1. The molecule has 1 saturated heterocycles. The van der Waals surface area contributed by atoms with Crippen LogP contribution >= 0.6 is 0 Å². The number of aldehydes is 1. The molecule has 5 aromatic rings. The molecule has 0 spiro atoms. The summed E-state index contributed by atoms with van der Waals surface area (Å²) in [7, 11) is 1.47. The average Bonchev–Trinajstić information content (AvgIpc) is 3.68. The second-order valence-electron chi connectivity index (χ2n) is 11.2. The van der Waals surface area contributed by atoms with Crippen LogP contribution in [0.5, 0.6) is 11.6 Å². The molecule has 1 aliphatic heterocycles. The first kappa shape index (κ1) is 30.8. The first-order valence-electron chi connectivity index (χ1n) is 14.7. The molecule has 0 bridgehead atoms. The average molecular weight is 628 g/mol. The molecular formula is C35H31F2N3O6. The number of hydrogen-bond acceptors (Lipinski definition) is 8. The predicted molar refractivity (Wildman–Crippen MR) is 167 cm³/mol.